The van der Waals surface area contributed by atoms with Crippen LogP contribution >= 0.6 is 11.6 Å². The minimum atomic E-state index is -1.15. The highest BCUT2D eigenvalue weighted by molar-refractivity contribution is 7.90. The van der Waals surface area contributed by atoms with Gasteiger partial charge in [-0.2, -0.15) is 0 Å². The van der Waals surface area contributed by atoms with Crippen LogP contribution in [0.25, 0.3) is 0 Å². The first-order valence-electron chi connectivity index (χ1n) is 9.77. The number of hydrogen-bond acceptors (Lipinski definition) is 5. The average Bonchev–Trinajstić information content (AvgIpc) is 3.16. The number of nitrogens with one attached hydrogen (secondary N) is 2. The summed E-state index contributed by atoms with van der Waals surface area (Å²) >= 11 is 5.38. The van der Waals surface area contributed by atoms with Gasteiger partial charge in [-0.15, -0.1) is 4.72 Å². The van der Waals surface area contributed by atoms with Gasteiger partial charge in [-0.1, -0.05) is 24.4 Å². The van der Waals surface area contributed by atoms with Crippen molar-refractivity contribution in [2.45, 2.75) is 64.2 Å². The van der Waals surface area contributed by atoms with Crippen LogP contribution in [-0.4, -0.2) is 19.3 Å². The van der Waals surface area contributed by atoms with Crippen molar-refractivity contribution in [3.05, 3.63) is 46.9 Å². The van der Waals surface area contributed by atoms with Crippen LogP contribution in [0.5, 0.6) is 0 Å². The Morgan fingerprint density at radius 1 is 1.18 bits per heavy atom. The normalized spacial score (nSPS) is 17.5. The fourth-order valence-electron chi connectivity index (χ4n) is 3.41. The molecule has 1 unspecified atom stereocenters. The van der Waals surface area contributed by atoms with Gasteiger partial charge in [0, 0.05) is 23.3 Å². The van der Waals surface area contributed by atoms with Crippen LogP contribution in [0.15, 0.2) is 30.6 Å². The molecule has 1 aliphatic carbocycles. The third-order valence-electron chi connectivity index (χ3n) is 5.06. The van der Waals surface area contributed by atoms with E-state index < -0.39 is 11.4 Å². The third kappa shape index (κ3) is 5.38. The van der Waals surface area contributed by atoms with Crippen LogP contribution in [0.2, 0.25) is 5.02 Å². The SMILES string of the molecule is Cc1ccc(Nc2ncc([C@H](N[S+]([O-])C(C)(C)C)C3CCCC3)cc2Cl)cn1. The van der Waals surface area contributed by atoms with Crippen LogP contribution in [0.3, 0.4) is 0 Å². The Kier molecular flexibility index (Phi) is 6.86. The summed E-state index contributed by atoms with van der Waals surface area (Å²) in [5, 5.41) is 3.76. The molecule has 2 aromatic rings. The lowest BCUT2D eigenvalue weighted by Gasteiger charge is -2.31. The molecule has 0 aromatic carbocycles. The predicted molar refractivity (Wildman–Crippen MR) is 117 cm³/mol. The first kappa shape index (κ1) is 21.4. The summed E-state index contributed by atoms with van der Waals surface area (Å²) in [5.74, 6) is 1.04. The van der Waals surface area contributed by atoms with Crippen LogP contribution in [0.4, 0.5) is 11.5 Å². The number of aryl methyl sites for hydroxylation is 1. The van der Waals surface area contributed by atoms with Crippen molar-refractivity contribution in [1.82, 2.24) is 14.7 Å². The van der Waals surface area contributed by atoms with Crippen molar-refractivity contribution in [3.8, 4) is 0 Å². The predicted octanol–water partition coefficient (Wildman–Crippen LogP) is 5.47. The lowest BCUT2D eigenvalue weighted by atomic mass is 9.93. The Morgan fingerprint density at radius 2 is 1.89 bits per heavy atom. The lowest BCUT2D eigenvalue weighted by molar-refractivity contribution is 0.404. The average molecular weight is 421 g/mol. The highest BCUT2D eigenvalue weighted by atomic mass is 35.5. The molecule has 7 heteroatoms. The molecule has 1 aliphatic rings. The van der Waals surface area contributed by atoms with E-state index in [0.29, 0.717) is 16.8 Å². The lowest BCUT2D eigenvalue weighted by Crippen LogP contribution is -2.43. The van der Waals surface area contributed by atoms with Crippen LogP contribution in [-0.2, 0) is 11.4 Å². The number of anilines is 2. The van der Waals surface area contributed by atoms with Crippen LogP contribution in [0.1, 0.15) is 63.8 Å². The summed E-state index contributed by atoms with van der Waals surface area (Å²) in [4.78, 5) is 8.83. The molecule has 5 nitrogen and oxygen atoms in total. The van der Waals surface area contributed by atoms with Gasteiger partial charge in [0.2, 0.25) is 0 Å². The number of rotatable bonds is 6. The molecular weight excluding hydrogens is 392 g/mol. The zero-order chi connectivity index (χ0) is 20.3. The van der Waals surface area contributed by atoms with Gasteiger partial charge in [-0.3, -0.25) is 4.98 Å². The zero-order valence-corrected chi connectivity index (χ0v) is 18.5. The van der Waals surface area contributed by atoms with E-state index in [1.54, 1.807) is 6.20 Å². The summed E-state index contributed by atoms with van der Waals surface area (Å²) < 4.78 is 15.8. The molecule has 2 N–H and O–H groups in total. The molecule has 0 amide bonds. The molecule has 0 aliphatic heterocycles. The molecule has 1 fully saturated rings. The van der Waals surface area contributed by atoms with Gasteiger partial charge in [-0.25, -0.2) is 4.98 Å². The highest BCUT2D eigenvalue weighted by Gasteiger charge is 2.35. The van der Waals surface area contributed by atoms with Crippen molar-refractivity contribution < 1.29 is 4.55 Å². The van der Waals surface area contributed by atoms with E-state index in [9.17, 15) is 4.55 Å². The topological polar surface area (TPSA) is 72.9 Å². The maximum atomic E-state index is 12.8. The van der Waals surface area contributed by atoms with E-state index in [1.165, 1.54) is 12.8 Å². The quantitative estimate of drug-likeness (QED) is 0.606. The summed E-state index contributed by atoms with van der Waals surface area (Å²) in [7, 11) is 0. The monoisotopic (exact) mass is 420 g/mol. The molecule has 2 atom stereocenters. The zero-order valence-electron chi connectivity index (χ0n) is 17.0. The first-order chi connectivity index (χ1) is 13.2. The second-order valence-electron chi connectivity index (χ2n) is 8.43. The smallest absolute Gasteiger partial charge is 0.149 e. The first-order valence-corrected chi connectivity index (χ1v) is 11.3. The van der Waals surface area contributed by atoms with Crippen LogP contribution in [0, 0.1) is 12.8 Å². The maximum Gasteiger partial charge on any atom is 0.149 e. The number of hydrogen-bond donors (Lipinski definition) is 2. The van der Waals surface area contributed by atoms with E-state index in [2.05, 4.69) is 20.0 Å². The molecule has 0 bridgehead atoms. The summed E-state index contributed by atoms with van der Waals surface area (Å²) in [5.41, 5.74) is 2.78. The minimum Gasteiger partial charge on any atom is -0.598 e. The number of aromatic nitrogens is 2. The van der Waals surface area contributed by atoms with Crippen molar-refractivity contribution in [3.63, 3.8) is 0 Å². The largest absolute Gasteiger partial charge is 0.598 e. The molecule has 0 saturated heterocycles. The molecule has 0 radical (unpaired) electrons. The van der Waals surface area contributed by atoms with E-state index in [0.717, 1.165) is 29.8 Å². The molecule has 1 saturated carbocycles. The summed E-state index contributed by atoms with van der Waals surface area (Å²) in [6.45, 7) is 7.89. The third-order valence-corrected chi connectivity index (χ3v) is 6.93. The Balaban J connectivity index is 1.82. The molecule has 3 rings (SSSR count). The van der Waals surface area contributed by atoms with Gasteiger partial charge in [0.15, 0.2) is 0 Å². The Bertz CT molecular complexity index is 788. The second-order valence-corrected chi connectivity index (χ2v) is 10.8. The molecule has 0 spiro atoms. The van der Waals surface area contributed by atoms with Crippen molar-refractivity contribution >= 4 is 34.5 Å². The Morgan fingerprint density at radius 3 is 2.46 bits per heavy atom. The van der Waals surface area contributed by atoms with E-state index >= 15 is 0 Å². The van der Waals surface area contributed by atoms with Gasteiger partial charge < -0.3 is 9.87 Å². The number of nitrogens with zero attached hydrogens (tertiary/aromatic N) is 2. The number of pyridine rings is 2. The van der Waals surface area contributed by atoms with Gasteiger partial charge in [0.1, 0.15) is 10.6 Å². The van der Waals surface area contributed by atoms with Gasteiger partial charge >= 0.3 is 0 Å². The summed E-state index contributed by atoms with van der Waals surface area (Å²) in [6.07, 6.45) is 8.29. The van der Waals surface area contributed by atoms with Crippen LogP contribution < -0.4 is 10.0 Å². The molecule has 2 aromatic heterocycles. The fraction of sp³-hybridized carbons (Fsp3) is 0.524. The highest BCUT2D eigenvalue weighted by Crippen LogP contribution is 2.38. The number of halogens is 1. The molecule has 152 valence electrons. The van der Waals surface area contributed by atoms with Gasteiger partial charge in [0.25, 0.3) is 0 Å². The van der Waals surface area contributed by atoms with Gasteiger partial charge in [-0.05, 0) is 70.2 Å². The van der Waals surface area contributed by atoms with Crippen molar-refractivity contribution in [2.75, 3.05) is 5.32 Å². The Hall–Kier alpha value is -1.34. The molecular formula is C21H29ClN4OS. The minimum absolute atomic E-state index is 0.0114. The maximum absolute atomic E-state index is 12.8. The van der Waals surface area contributed by atoms with E-state index in [1.807, 2.05) is 52.1 Å². The summed E-state index contributed by atoms with van der Waals surface area (Å²) in [6, 6.07) is 5.81. The standard InChI is InChI=1S/C21H29ClN4OS/c1-14-9-10-17(13-23-14)25-20-18(22)11-16(12-24-20)19(15-7-5-6-8-15)26-28(27)21(2,3)4/h9-13,15,19,26H,5-8H2,1-4H3,(H,24,25)/t19-,28?/m1/s1. The van der Waals surface area contributed by atoms with Gasteiger partial charge in [0.05, 0.1) is 22.9 Å². The molecule has 28 heavy (non-hydrogen) atoms. The van der Waals surface area contributed by atoms with Crippen molar-refractivity contribution in [2.24, 2.45) is 5.92 Å². The second kappa shape index (κ2) is 8.99. The van der Waals surface area contributed by atoms with Crippen molar-refractivity contribution in [1.29, 1.82) is 0 Å². The Labute approximate surface area is 176 Å². The fourth-order valence-corrected chi connectivity index (χ4v) is 4.55. The van der Waals surface area contributed by atoms with E-state index in [4.69, 9.17) is 11.6 Å². The van der Waals surface area contributed by atoms with E-state index in [-0.39, 0.29) is 10.8 Å². The molecule has 2 heterocycles.